The zero-order chi connectivity index (χ0) is 22.6. The van der Waals surface area contributed by atoms with Gasteiger partial charge in [-0.1, -0.05) is 35.5 Å². The van der Waals surface area contributed by atoms with Gasteiger partial charge in [-0.2, -0.15) is 0 Å². The molecule has 1 aliphatic rings. The number of amides is 2. The molecule has 1 saturated carbocycles. The van der Waals surface area contributed by atoms with Crippen molar-refractivity contribution in [3.05, 3.63) is 35.1 Å². The van der Waals surface area contributed by atoms with Crippen LogP contribution < -0.4 is 10.1 Å². The summed E-state index contributed by atoms with van der Waals surface area (Å²) >= 11 is 7.48. The van der Waals surface area contributed by atoms with Crippen molar-refractivity contribution in [2.24, 2.45) is 0 Å². The Morgan fingerprint density at radius 3 is 2.65 bits per heavy atom. The average Bonchev–Trinajstić information content (AvgIpc) is 3.44. The number of carbonyl (C=O) groups excluding carboxylic acids is 2. The van der Waals surface area contributed by atoms with Crippen molar-refractivity contribution < 1.29 is 14.3 Å². The zero-order valence-corrected chi connectivity index (χ0v) is 19.8. The van der Waals surface area contributed by atoms with Crippen molar-refractivity contribution >= 4 is 35.2 Å². The van der Waals surface area contributed by atoms with Gasteiger partial charge in [-0.3, -0.25) is 14.2 Å². The molecular formula is C21H28ClN5O3S. The van der Waals surface area contributed by atoms with E-state index in [-0.39, 0.29) is 36.3 Å². The van der Waals surface area contributed by atoms with Crippen LogP contribution in [0.1, 0.15) is 45.5 Å². The maximum atomic E-state index is 12.5. The summed E-state index contributed by atoms with van der Waals surface area (Å²) in [6.07, 6.45) is 2.09. The van der Waals surface area contributed by atoms with Crippen LogP contribution in [0.5, 0.6) is 5.75 Å². The Bertz CT molecular complexity index is 939. The first-order valence-corrected chi connectivity index (χ1v) is 11.5. The van der Waals surface area contributed by atoms with Crippen molar-refractivity contribution in [1.29, 1.82) is 0 Å². The third-order valence-electron chi connectivity index (χ3n) is 4.49. The van der Waals surface area contributed by atoms with Crippen LogP contribution in [0.3, 0.4) is 0 Å². The van der Waals surface area contributed by atoms with E-state index in [0.29, 0.717) is 27.8 Å². The van der Waals surface area contributed by atoms with Gasteiger partial charge in [0.2, 0.25) is 11.8 Å². The highest BCUT2D eigenvalue weighted by Crippen LogP contribution is 2.39. The Morgan fingerprint density at radius 2 is 2.00 bits per heavy atom. The first-order chi connectivity index (χ1) is 14.6. The van der Waals surface area contributed by atoms with E-state index >= 15 is 0 Å². The van der Waals surface area contributed by atoms with E-state index in [1.807, 2.05) is 37.5 Å². The number of thioether (sulfide) groups is 1. The van der Waals surface area contributed by atoms with Gasteiger partial charge in [0.15, 0.2) is 11.0 Å². The van der Waals surface area contributed by atoms with Crippen LogP contribution in [0.15, 0.2) is 29.4 Å². The van der Waals surface area contributed by atoms with Crippen LogP contribution in [0.2, 0.25) is 5.02 Å². The second kappa shape index (κ2) is 9.91. The molecule has 0 unspecified atom stereocenters. The standard InChI is InChI=1S/C21H28ClN5O3S/c1-21(2,3)23-18(28)11-26(4)19(29)13-31-20-25-24-17(27(20)14-9-10-14)12-30-16-8-6-5-7-15(16)22/h5-8,14H,9-13H2,1-4H3,(H,23,28). The highest BCUT2D eigenvalue weighted by atomic mass is 35.5. The molecule has 10 heteroatoms. The molecule has 0 saturated heterocycles. The molecule has 0 atom stereocenters. The Morgan fingerprint density at radius 1 is 1.29 bits per heavy atom. The Kier molecular flexibility index (Phi) is 7.48. The number of nitrogens with one attached hydrogen (secondary N) is 1. The van der Waals surface area contributed by atoms with E-state index < -0.39 is 0 Å². The van der Waals surface area contributed by atoms with Gasteiger partial charge in [-0.15, -0.1) is 10.2 Å². The molecule has 2 amide bonds. The minimum absolute atomic E-state index is 0.0168. The van der Waals surface area contributed by atoms with E-state index in [2.05, 4.69) is 15.5 Å². The lowest BCUT2D eigenvalue weighted by atomic mass is 10.1. The van der Waals surface area contributed by atoms with Crippen LogP contribution in [0.4, 0.5) is 0 Å². The summed E-state index contributed by atoms with van der Waals surface area (Å²) in [5.74, 6) is 1.14. The number of rotatable bonds is 9. The third-order valence-corrected chi connectivity index (χ3v) is 5.73. The van der Waals surface area contributed by atoms with Gasteiger partial charge in [-0.05, 0) is 45.7 Å². The van der Waals surface area contributed by atoms with Crippen LogP contribution >= 0.6 is 23.4 Å². The number of hydrogen-bond donors (Lipinski definition) is 1. The summed E-state index contributed by atoms with van der Waals surface area (Å²) in [4.78, 5) is 26.0. The molecule has 3 rings (SSSR count). The summed E-state index contributed by atoms with van der Waals surface area (Å²) < 4.78 is 7.86. The molecule has 0 bridgehead atoms. The number of aromatic nitrogens is 3. The molecule has 1 heterocycles. The van der Waals surface area contributed by atoms with Crippen LogP contribution in [-0.2, 0) is 16.2 Å². The second-order valence-electron chi connectivity index (χ2n) is 8.56. The molecule has 8 nitrogen and oxygen atoms in total. The molecule has 1 aromatic carbocycles. The molecule has 1 aliphatic carbocycles. The number of hydrogen-bond acceptors (Lipinski definition) is 6. The Hall–Kier alpha value is -2.26. The third kappa shape index (κ3) is 6.87. The number of halogens is 1. The van der Waals surface area contributed by atoms with Gasteiger partial charge in [-0.25, -0.2) is 0 Å². The molecular weight excluding hydrogens is 438 g/mol. The lowest BCUT2D eigenvalue weighted by Gasteiger charge is -2.23. The molecule has 1 N–H and O–H groups in total. The highest BCUT2D eigenvalue weighted by molar-refractivity contribution is 7.99. The van der Waals surface area contributed by atoms with E-state index in [4.69, 9.17) is 16.3 Å². The van der Waals surface area contributed by atoms with Crippen molar-refractivity contribution in [1.82, 2.24) is 25.0 Å². The van der Waals surface area contributed by atoms with Crippen LogP contribution in [-0.4, -0.2) is 56.4 Å². The van der Waals surface area contributed by atoms with Crippen molar-refractivity contribution in [2.75, 3.05) is 19.3 Å². The fourth-order valence-corrected chi connectivity index (χ4v) is 4.06. The topological polar surface area (TPSA) is 89.3 Å². The number of ether oxygens (including phenoxy) is 1. The van der Waals surface area contributed by atoms with Gasteiger partial charge < -0.3 is 15.0 Å². The lowest BCUT2D eigenvalue weighted by Crippen LogP contribution is -2.46. The normalized spacial score (nSPS) is 13.7. The predicted octanol–water partition coefficient (Wildman–Crippen LogP) is 3.31. The maximum Gasteiger partial charge on any atom is 0.240 e. The Labute approximate surface area is 191 Å². The summed E-state index contributed by atoms with van der Waals surface area (Å²) in [5.41, 5.74) is -0.334. The predicted molar refractivity (Wildman–Crippen MR) is 120 cm³/mol. The van der Waals surface area contributed by atoms with E-state index in [0.717, 1.165) is 12.8 Å². The Balaban J connectivity index is 1.57. The minimum atomic E-state index is -0.334. The minimum Gasteiger partial charge on any atom is -0.484 e. The van der Waals surface area contributed by atoms with Crippen LogP contribution in [0, 0.1) is 0 Å². The summed E-state index contributed by atoms with van der Waals surface area (Å²) in [6, 6.07) is 7.61. The first-order valence-electron chi connectivity index (χ1n) is 10.1. The smallest absolute Gasteiger partial charge is 0.240 e. The average molecular weight is 466 g/mol. The maximum absolute atomic E-state index is 12.5. The largest absolute Gasteiger partial charge is 0.484 e. The van der Waals surface area contributed by atoms with E-state index in [9.17, 15) is 9.59 Å². The molecule has 0 radical (unpaired) electrons. The van der Waals surface area contributed by atoms with Gasteiger partial charge in [0.05, 0.1) is 17.3 Å². The SMILES string of the molecule is CN(CC(=O)NC(C)(C)C)C(=O)CSc1nnc(COc2ccccc2Cl)n1C1CC1. The number of carbonyl (C=O) groups is 2. The molecule has 1 aromatic heterocycles. The molecule has 0 spiro atoms. The highest BCUT2D eigenvalue weighted by Gasteiger charge is 2.30. The zero-order valence-electron chi connectivity index (χ0n) is 18.2. The van der Waals surface area contributed by atoms with E-state index in [1.54, 1.807) is 19.2 Å². The molecule has 31 heavy (non-hydrogen) atoms. The fourth-order valence-electron chi connectivity index (χ4n) is 2.91. The number of para-hydroxylation sites is 1. The summed E-state index contributed by atoms with van der Waals surface area (Å²) in [7, 11) is 1.62. The van der Waals surface area contributed by atoms with Gasteiger partial charge >= 0.3 is 0 Å². The van der Waals surface area contributed by atoms with Gasteiger partial charge in [0.1, 0.15) is 12.4 Å². The van der Waals surface area contributed by atoms with Crippen molar-refractivity contribution in [3.8, 4) is 5.75 Å². The summed E-state index contributed by atoms with van der Waals surface area (Å²) in [5, 5.41) is 12.6. The quantitative estimate of drug-likeness (QED) is 0.571. The fraction of sp³-hybridized carbons (Fsp3) is 0.524. The van der Waals surface area contributed by atoms with Crippen molar-refractivity contribution in [3.63, 3.8) is 0 Å². The van der Waals surface area contributed by atoms with Crippen molar-refractivity contribution in [2.45, 2.75) is 57.0 Å². The second-order valence-corrected chi connectivity index (χ2v) is 9.91. The summed E-state index contributed by atoms with van der Waals surface area (Å²) in [6.45, 7) is 5.97. The van der Waals surface area contributed by atoms with Gasteiger partial charge in [0.25, 0.3) is 0 Å². The number of likely N-dealkylation sites (N-methyl/N-ethyl adjacent to an activating group) is 1. The van der Waals surface area contributed by atoms with E-state index in [1.165, 1.54) is 16.7 Å². The lowest BCUT2D eigenvalue weighted by molar-refractivity contribution is -0.133. The molecule has 1 fully saturated rings. The monoisotopic (exact) mass is 465 g/mol. The molecule has 168 valence electrons. The van der Waals surface area contributed by atoms with Gasteiger partial charge in [0, 0.05) is 18.6 Å². The molecule has 0 aliphatic heterocycles. The number of benzene rings is 1. The van der Waals surface area contributed by atoms with Crippen LogP contribution in [0.25, 0.3) is 0 Å². The first kappa shape index (κ1) is 23.4. The molecule has 2 aromatic rings. The number of nitrogens with zero attached hydrogens (tertiary/aromatic N) is 4.